The van der Waals surface area contributed by atoms with Gasteiger partial charge in [-0.15, -0.1) is 0 Å². The molecule has 164 valence electrons. The summed E-state index contributed by atoms with van der Waals surface area (Å²) in [6, 6.07) is 18.6. The maximum atomic E-state index is 12.6. The Hall–Kier alpha value is -4.31. The Labute approximate surface area is 192 Å². The molecule has 0 bridgehead atoms. The number of nitriles is 1. The number of hydrogen-bond donors (Lipinski definition) is 0. The van der Waals surface area contributed by atoms with Crippen molar-refractivity contribution in [3.8, 4) is 28.9 Å². The SMILES string of the molecule is Cc1cc(C)nc(-n2nc(C)c(CC(=O)Oc3ccc(-c4ccc(C#N)cc4)cc3)c2C)n1. The summed E-state index contributed by atoms with van der Waals surface area (Å²) in [5.41, 5.74) is 6.64. The number of esters is 1. The third-order valence-corrected chi connectivity index (χ3v) is 5.36. The van der Waals surface area contributed by atoms with E-state index in [1.807, 2.05) is 58.0 Å². The number of nitrogens with zero attached hydrogens (tertiary/aromatic N) is 5. The van der Waals surface area contributed by atoms with E-state index in [0.717, 1.165) is 39.5 Å². The van der Waals surface area contributed by atoms with Gasteiger partial charge in [-0.1, -0.05) is 24.3 Å². The van der Waals surface area contributed by atoms with Gasteiger partial charge in [-0.2, -0.15) is 10.4 Å². The van der Waals surface area contributed by atoms with Gasteiger partial charge in [0.2, 0.25) is 0 Å². The van der Waals surface area contributed by atoms with Crippen molar-refractivity contribution in [3.05, 3.63) is 88.5 Å². The second-order valence-electron chi connectivity index (χ2n) is 7.88. The quantitative estimate of drug-likeness (QED) is 0.335. The molecule has 33 heavy (non-hydrogen) atoms. The molecule has 0 atom stereocenters. The lowest BCUT2D eigenvalue weighted by Crippen LogP contribution is -2.13. The number of carbonyl (C=O) groups excluding carboxylic acids is 1. The summed E-state index contributed by atoms with van der Waals surface area (Å²) in [5, 5.41) is 13.5. The van der Waals surface area contributed by atoms with E-state index in [9.17, 15) is 4.79 Å². The van der Waals surface area contributed by atoms with Gasteiger partial charge in [0.25, 0.3) is 5.95 Å². The van der Waals surface area contributed by atoms with Crippen molar-refractivity contribution in [2.75, 3.05) is 0 Å². The third-order valence-electron chi connectivity index (χ3n) is 5.36. The first-order valence-electron chi connectivity index (χ1n) is 10.5. The van der Waals surface area contributed by atoms with Crippen molar-refractivity contribution in [1.82, 2.24) is 19.7 Å². The highest BCUT2D eigenvalue weighted by Crippen LogP contribution is 2.24. The van der Waals surface area contributed by atoms with Crippen LogP contribution in [0.15, 0.2) is 54.6 Å². The monoisotopic (exact) mass is 437 g/mol. The summed E-state index contributed by atoms with van der Waals surface area (Å²) in [4.78, 5) is 21.6. The van der Waals surface area contributed by atoms with Crippen molar-refractivity contribution in [1.29, 1.82) is 5.26 Å². The molecule has 0 spiro atoms. The number of ether oxygens (including phenoxy) is 1. The molecule has 2 aromatic carbocycles. The topological polar surface area (TPSA) is 93.7 Å². The summed E-state index contributed by atoms with van der Waals surface area (Å²) in [6.45, 7) is 7.58. The lowest BCUT2D eigenvalue weighted by molar-refractivity contribution is -0.133. The van der Waals surface area contributed by atoms with Crippen LogP contribution >= 0.6 is 0 Å². The molecule has 7 heteroatoms. The Morgan fingerprint density at radius 1 is 0.939 bits per heavy atom. The van der Waals surface area contributed by atoms with Gasteiger partial charge >= 0.3 is 5.97 Å². The van der Waals surface area contributed by atoms with E-state index in [1.54, 1.807) is 28.9 Å². The standard InChI is InChI=1S/C26H23N5O2/c1-16-13-17(2)29-26(28-16)31-19(4)24(18(3)30-31)14-25(32)33-23-11-9-22(10-12-23)21-7-5-20(15-27)6-8-21/h5-13H,14H2,1-4H3. The van der Waals surface area contributed by atoms with Crippen LogP contribution in [0.3, 0.4) is 0 Å². The number of rotatable bonds is 5. The van der Waals surface area contributed by atoms with E-state index in [4.69, 9.17) is 10.00 Å². The minimum Gasteiger partial charge on any atom is -0.426 e. The smallest absolute Gasteiger partial charge is 0.315 e. The van der Waals surface area contributed by atoms with E-state index in [2.05, 4.69) is 21.1 Å². The average molecular weight is 438 g/mol. The van der Waals surface area contributed by atoms with Crippen LogP contribution in [-0.2, 0) is 11.2 Å². The number of benzene rings is 2. The Balaban J connectivity index is 1.48. The van der Waals surface area contributed by atoms with Crippen molar-refractivity contribution in [2.45, 2.75) is 34.1 Å². The number of aromatic nitrogens is 4. The van der Waals surface area contributed by atoms with Crippen LogP contribution in [0.4, 0.5) is 0 Å². The third kappa shape index (κ3) is 4.80. The fourth-order valence-electron chi connectivity index (χ4n) is 3.69. The van der Waals surface area contributed by atoms with Gasteiger partial charge < -0.3 is 4.74 Å². The minimum absolute atomic E-state index is 0.0971. The molecular formula is C26H23N5O2. The molecule has 0 saturated carbocycles. The predicted octanol–water partition coefficient (Wildman–Crippen LogP) is 4.58. The fourth-order valence-corrected chi connectivity index (χ4v) is 3.69. The Morgan fingerprint density at radius 2 is 1.52 bits per heavy atom. The number of hydrogen-bond acceptors (Lipinski definition) is 6. The van der Waals surface area contributed by atoms with E-state index in [0.29, 0.717) is 17.3 Å². The van der Waals surface area contributed by atoms with Crippen molar-refractivity contribution >= 4 is 5.97 Å². The largest absolute Gasteiger partial charge is 0.426 e. The van der Waals surface area contributed by atoms with Crippen molar-refractivity contribution in [3.63, 3.8) is 0 Å². The highest BCUT2D eigenvalue weighted by atomic mass is 16.5. The van der Waals surface area contributed by atoms with E-state index >= 15 is 0 Å². The maximum absolute atomic E-state index is 12.6. The van der Waals surface area contributed by atoms with Crippen LogP contribution in [-0.4, -0.2) is 25.7 Å². The summed E-state index contributed by atoms with van der Waals surface area (Å²) in [5.74, 6) is 0.594. The summed E-state index contributed by atoms with van der Waals surface area (Å²) >= 11 is 0. The normalized spacial score (nSPS) is 10.6. The van der Waals surface area contributed by atoms with Gasteiger partial charge in [0.15, 0.2) is 0 Å². The molecule has 0 aliphatic carbocycles. The second-order valence-corrected chi connectivity index (χ2v) is 7.88. The number of aryl methyl sites for hydroxylation is 3. The summed E-state index contributed by atoms with van der Waals surface area (Å²) < 4.78 is 7.23. The van der Waals surface area contributed by atoms with Crippen molar-refractivity contribution < 1.29 is 9.53 Å². The molecule has 4 rings (SSSR count). The summed E-state index contributed by atoms with van der Waals surface area (Å²) in [7, 11) is 0. The van der Waals surface area contributed by atoms with Crippen LogP contribution < -0.4 is 4.74 Å². The predicted molar refractivity (Wildman–Crippen MR) is 124 cm³/mol. The first kappa shape index (κ1) is 21.9. The first-order chi connectivity index (χ1) is 15.8. The van der Waals surface area contributed by atoms with Gasteiger partial charge in [0.05, 0.1) is 23.7 Å². The molecule has 0 amide bonds. The van der Waals surface area contributed by atoms with Crippen molar-refractivity contribution in [2.24, 2.45) is 0 Å². The fraction of sp³-hybridized carbons (Fsp3) is 0.192. The number of carbonyl (C=O) groups is 1. The van der Waals surface area contributed by atoms with Gasteiger partial charge in [-0.25, -0.2) is 14.6 Å². The highest BCUT2D eigenvalue weighted by molar-refractivity contribution is 5.76. The Bertz CT molecular complexity index is 1340. The molecule has 0 aliphatic heterocycles. The van der Waals surface area contributed by atoms with E-state index < -0.39 is 0 Å². The van der Waals surface area contributed by atoms with Crippen LogP contribution in [0, 0.1) is 39.0 Å². The van der Waals surface area contributed by atoms with Crippen LogP contribution in [0.25, 0.3) is 17.1 Å². The van der Waals surface area contributed by atoms with Gasteiger partial charge in [-0.05, 0) is 69.2 Å². The summed E-state index contributed by atoms with van der Waals surface area (Å²) in [6.07, 6.45) is 0.0971. The molecule has 0 fully saturated rings. The van der Waals surface area contributed by atoms with Gasteiger partial charge in [0, 0.05) is 22.6 Å². The minimum atomic E-state index is -0.367. The Kier molecular flexibility index (Phi) is 6.01. The molecule has 0 radical (unpaired) electrons. The molecule has 0 unspecified atom stereocenters. The molecule has 7 nitrogen and oxygen atoms in total. The zero-order valence-electron chi connectivity index (χ0n) is 19.0. The van der Waals surface area contributed by atoms with Crippen LogP contribution in [0.5, 0.6) is 5.75 Å². The van der Waals surface area contributed by atoms with Gasteiger partial charge in [-0.3, -0.25) is 4.79 Å². The van der Waals surface area contributed by atoms with E-state index in [-0.39, 0.29) is 12.4 Å². The highest BCUT2D eigenvalue weighted by Gasteiger charge is 2.19. The Morgan fingerprint density at radius 3 is 2.09 bits per heavy atom. The molecule has 2 aromatic heterocycles. The lowest BCUT2D eigenvalue weighted by atomic mass is 10.0. The van der Waals surface area contributed by atoms with Crippen LogP contribution in [0.2, 0.25) is 0 Å². The zero-order valence-corrected chi connectivity index (χ0v) is 19.0. The zero-order chi connectivity index (χ0) is 23.5. The molecule has 0 N–H and O–H groups in total. The van der Waals surface area contributed by atoms with Gasteiger partial charge in [0.1, 0.15) is 5.75 Å². The molecule has 2 heterocycles. The first-order valence-corrected chi connectivity index (χ1v) is 10.5. The molecule has 0 saturated heterocycles. The lowest BCUT2D eigenvalue weighted by Gasteiger charge is -2.07. The maximum Gasteiger partial charge on any atom is 0.315 e. The second kappa shape index (κ2) is 9.05. The molecule has 4 aromatic rings. The molecular weight excluding hydrogens is 414 g/mol. The van der Waals surface area contributed by atoms with E-state index in [1.165, 1.54) is 0 Å². The van der Waals surface area contributed by atoms with Crippen LogP contribution in [0.1, 0.15) is 33.9 Å². The average Bonchev–Trinajstić information content (AvgIpc) is 3.07. The molecule has 0 aliphatic rings.